The molecule has 0 saturated carbocycles. The van der Waals surface area contributed by atoms with Crippen molar-refractivity contribution in [2.24, 2.45) is 0 Å². The van der Waals surface area contributed by atoms with Crippen LogP contribution in [0.25, 0.3) is 5.69 Å². The van der Waals surface area contributed by atoms with Crippen molar-refractivity contribution in [2.75, 3.05) is 5.75 Å². The Labute approximate surface area is 109 Å². The van der Waals surface area contributed by atoms with Gasteiger partial charge in [-0.05, 0) is 12.1 Å². The van der Waals surface area contributed by atoms with Crippen LogP contribution in [0.3, 0.4) is 0 Å². The molecule has 0 amide bonds. The summed E-state index contributed by atoms with van der Waals surface area (Å²) in [6, 6.07) is 1.78. The van der Waals surface area contributed by atoms with E-state index in [0.29, 0.717) is 0 Å². The number of aromatic nitrogens is 3. The first kappa shape index (κ1) is 13.4. The Balaban J connectivity index is 2.40. The maximum Gasteiger partial charge on any atom is 0.313 e. The van der Waals surface area contributed by atoms with Gasteiger partial charge >= 0.3 is 5.97 Å². The van der Waals surface area contributed by atoms with E-state index in [2.05, 4.69) is 10.2 Å². The molecule has 0 aliphatic rings. The van der Waals surface area contributed by atoms with E-state index in [1.54, 1.807) is 0 Å². The van der Waals surface area contributed by atoms with Crippen LogP contribution in [0, 0.1) is 17.5 Å². The first-order chi connectivity index (χ1) is 9.00. The van der Waals surface area contributed by atoms with E-state index in [1.165, 1.54) is 0 Å². The Morgan fingerprint density at radius 3 is 2.74 bits per heavy atom. The second kappa shape index (κ2) is 5.31. The number of halogens is 3. The Morgan fingerprint density at radius 1 is 1.32 bits per heavy atom. The van der Waals surface area contributed by atoms with Gasteiger partial charge in [0.2, 0.25) is 0 Å². The summed E-state index contributed by atoms with van der Waals surface area (Å²) in [5.74, 6) is -5.72. The zero-order chi connectivity index (χ0) is 14.0. The van der Waals surface area contributed by atoms with Crippen molar-refractivity contribution in [3.05, 3.63) is 35.9 Å². The lowest BCUT2D eigenvalue weighted by Gasteiger charge is -2.07. The molecule has 9 heteroatoms. The average molecular weight is 289 g/mol. The van der Waals surface area contributed by atoms with E-state index >= 15 is 0 Å². The smallest absolute Gasteiger partial charge is 0.313 e. The minimum Gasteiger partial charge on any atom is -0.481 e. The van der Waals surface area contributed by atoms with Gasteiger partial charge in [-0.3, -0.25) is 9.36 Å². The maximum absolute atomic E-state index is 13.6. The number of hydrogen-bond acceptors (Lipinski definition) is 4. The zero-order valence-corrected chi connectivity index (χ0v) is 9.99. The van der Waals surface area contributed by atoms with Crippen molar-refractivity contribution in [2.45, 2.75) is 5.16 Å². The highest BCUT2D eigenvalue weighted by Gasteiger charge is 2.17. The molecule has 0 unspecified atom stereocenters. The molecule has 1 heterocycles. The van der Waals surface area contributed by atoms with E-state index in [4.69, 9.17) is 5.11 Å². The highest BCUT2D eigenvalue weighted by atomic mass is 32.2. The normalized spacial score (nSPS) is 10.7. The molecule has 2 aromatic rings. The van der Waals surface area contributed by atoms with Crippen molar-refractivity contribution in [3.8, 4) is 5.69 Å². The number of hydrogen-bond donors (Lipinski definition) is 1. The van der Waals surface area contributed by atoms with Crippen LogP contribution in [0.5, 0.6) is 0 Å². The molecule has 0 aliphatic carbocycles. The highest BCUT2D eigenvalue weighted by Crippen LogP contribution is 2.23. The van der Waals surface area contributed by atoms with Crippen molar-refractivity contribution in [3.63, 3.8) is 0 Å². The summed E-state index contributed by atoms with van der Waals surface area (Å²) in [5, 5.41) is 15.7. The minimum absolute atomic E-state index is 0.0623. The second-order valence-corrected chi connectivity index (χ2v) is 4.30. The van der Waals surface area contributed by atoms with Crippen molar-refractivity contribution in [1.29, 1.82) is 0 Å². The lowest BCUT2D eigenvalue weighted by atomic mass is 10.3. The summed E-state index contributed by atoms with van der Waals surface area (Å²) in [5.41, 5.74) is -0.295. The molecule has 0 spiro atoms. The lowest BCUT2D eigenvalue weighted by molar-refractivity contribution is -0.133. The molecular formula is C10H6F3N3O2S. The molecule has 0 fully saturated rings. The van der Waals surface area contributed by atoms with Crippen molar-refractivity contribution in [1.82, 2.24) is 14.8 Å². The van der Waals surface area contributed by atoms with Gasteiger partial charge in [0.25, 0.3) is 0 Å². The molecule has 0 bridgehead atoms. The van der Waals surface area contributed by atoms with Crippen LogP contribution in [-0.2, 0) is 4.79 Å². The molecule has 5 nitrogen and oxygen atoms in total. The molecule has 0 aliphatic heterocycles. The Kier molecular flexibility index (Phi) is 3.74. The quantitative estimate of drug-likeness (QED) is 0.687. The number of nitrogens with zero attached hydrogens (tertiary/aromatic N) is 3. The van der Waals surface area contributed by atoms with Gasteiger partial charge in [0, 0.05) is 0 Å². The van der Waals surface area contributed by atoms with Crippen LogP contribution in [0.15, 0.2) is 23.6 Å². The molecular weight excluding hydrogens is 283 g/mol. The summed E-state index contributed by atoms with van der Waals surface area (Å²) in [6.45, 7) is 0. The lowest BCUT2D eigenvalue weighted by Crippen LogP contribution is -2.04. The average Bonchev–Trinajstić information content (AvgIpc) is 2.82. The SMILES string of the molecule is O=C(O)CSc1nncn1-c1ccc(F)c(F)c1F. The van der Waals surface area contributed by atoms with Crippen LogP contribution in [0.4, 0.5) is 13.2 Å². The van der Waals surface area contributed by atoms with E-state index in [1.807, 2.05) is 0 Å². The van der Waals surface area contributed by atoms with E-state index in [0.717, 1.165) is 34.8 Å². The standard InChI is InChI=1S/C10H6F3N3O2S/c11-5-1-2-6(9(13)8(5)12)16-4-14-15-10(16)19-3-7(17)18/h1-2,4H,3H2,(H,17,18). The fourth-order valence-electron chi connectivity index (χ4n) is 1.32. The van der Waals surface area contributed by atoms with Gasteiger partial charge in [-0.15, -0.1) is 10.2 Å². The third-order valence-corrected chi connectivity index (χ3v) is 3.04. The van der Waals surface area contributed by atoms with E-state index in [-0.39, 0.29) is 16.6 Å². The summed E-state index contributed by atoms with van der Waals surface area (Å²) < 4.78 is 40.6. The maximum atomic E-state index is 13.6. The third kappa shape index (κ3) is 2.70. The number of carbonyl (C=O) groups is 1. The van der Waals surface area contributed by atoms with Crippen molar-refractivity contribution < 1.29 is 23.1 Å². The van der Waals surface area contributed by atoms with Gasteiger partial charge in [-0.25, -0.2) is 13.2 Å². The molecule has 19 heavy (non-hydrogen) atoms. The Morgan fingerprint density at radius 2 is 2.05 bits per heavy atom. The summed E-state index contributed by atoms with van der Waals surface area (Å²) in [6.07, 6.45) is 1.08. The molecule has 1 aromatic carbocycles. The van der Waals surface area contributed by atoms with Gasteiger partial charge in [0.1, 0.15) is 6.33 Å². The van der Waals surface area contributed by atoms with Crippen LogP contribution in [-0.4, -0.2) is 31.6 Å². The first-order valence-corrected chi connectivity index (χ1v) is 5.87. The summed E-state index contributed by atoms with van der Waals surface area (Å²) >= 11 is 0.782. The molecule has 0 radical (unpaired) electrons. The molecule has 100 valence electrons. The van der Waals surface area contributed by atoms with Gasteiger partial charge in [-0.2, -0.15) is 0 Å². The second-order valence-electron chi connectivity index (χ2n) is 3.36. The van der Waals surface area contributed by atoms with E-state index in [9.17, 15) is 18.0 Å². The van der Waals surface area contributed by atoms with E-state index < -0.39 is 23.4 Å². The van der Waals surface area contributed by atoms with Gasteiger partial charge < -0.3 is 5.11 Å². The minimum atomic E-state index is -1.61. The summed E-state index contributed by atoms with van der Waals surface area (Å²) in [7, 11) is 0. The molecule has 1 N–H and O–H groups in total. The predicted molar refractivity (Wildman–Crippen MR) is 59.6 cm³/mol. The fraction of sp³-hybridized carbons (Fsp3) is 0.100. The van der Waals surface area contributed by atoms with Gasteiger partial charge in [0.15, 0.2) is 22.6 Å². The zero-order valence-electron chi connectivity index (χ0n) is 9.18. The molecule has 1 aromatic heterocycles. The Bertz CT molecular complexity index is 632. The predicted octanol–water partition coefficient (Wildman–Crippen LogP) is 1.86. The third-order valence-electron chi connectivity index (χ3n) is 2.12. The number of carboxylic acids is 1. The van der Waals surface area contributed by atoms with Crippen LogP contribution >= 0.6 is 11.8 Å². The molecule has 0 saturated heterocycles. The highest BCUT2D eigenvalue weighted by molar-refractivity contribution is 7.99. The number of benzene rings is 1. The van der Waals surface area contributed by atoms with Crippen LogP contribution < -0.4 is 0 Å². The number of rotatable bonds is 4. The molecule has 2 rings (SSSR count). The van der Waals surface area contributed by atoms with Gasteiger partial charge in [0.05, 0.1) is 11.4 Å². The van der Waals surface area contributed by atoms with Crippen LogP contribution in [0.1, 0.15) is 0 Å². The van der Waals surface area contributed by atoms with Crippen LogP contribution in [0.2, 0.25) is 0 Å². The van der Waals surface area contributed by atoms with Crippen molar-refractivity contribution >= 4 is 17.7 Å². The largest absolute Gasteiger partial charge is 0.481 e. The summed E-state index contributed by atoms with van der Waals surface area (Å²) in [4.78, 5) is 10.4. The number of thioether (sulfide) groups is 1. The monoisotopic (exact) mass is 289 g/mol. The van der Waals surface area contributed by atoms with Gasteiger partial charge in [-0.1, -0.05) is 11.8 Å². The number of carboxylic acid groups (broad SMARTS) is 1. The fourth-order valence-corrected chi connectivity index (χ4v) is 1.96. The molecule has 0 atom stereocenters. The topological polar surface area (TPSA) is 68.0 Å². The Hall–Kier alpha value is -2.03. The number of aliphatic carboxylic acids is 1. The first-order valence-electron chi connectivity index (χ1n) is 4.89.